The van der Waals surface area contributed by atoms with Crippen LogP contribution in [0.3, 0.4) is 0 Å². The van der Waals surface area contributed by atoms with E-state index in [9.17, 15) is 0 Å². The van der Waals surface area contributed by atoms with Crippen LogP contribution in [0.1, 0.15) is 23.6 Å². The molecular formula is C54H36N2O. The average Bonchev–Trinajstić information content (AvgIpc) is 3.80. The quantitative estimate of drug-likeness (QED) is 0.171. The Kier molecular flexibility index (Phi) is 7.61. The Morgan fingerprint density at radius 2 is 0.947 bits per heavy atom. The summed E-state index contributed by atoms with van der Waals surface area (Å²) in [6.45, 7) is 2.36. The second-order valence-electron chi connectivity index (χ2n) is 15.1. The fourth-order valence-corrected chi connectivity index (χ4v) is 8.93. The topological polar surface area (TPSA) is 38.9 Å². The van der Waals surface area contributed by atoms with E-state index in [1.54, 1.807) is 0 Å². The van der Waals surface area contributed by atoms with Crippen molar-refractivity contribution < 1.29 is 4.42 Å². The Morgan fingerprint density at radius 1 is 0.386 bits per heavy atom. The monoisotopic (exact) mass is 728 g/mol. The molecule has 3 heteroatoms. The van der Waals surface area contributed by atoms with Gasteiger partial charge in [0.1, 0.15) is 11.2 Å². The summed E-state index contributed by atoms with van der Waals surface area (Å²) in [5.74, 6) is 0.701. The first-order chi connectivity index (χ1) is 28.1. The van der Waals surface area contributed by atoms with E-state index in [0.29, 0.717) is 5.82 Å². The highest BCUT2D eigenvalue weighted by atomic mass is 16.3. The molecule has 0 N–H and O–H groups in total. The fraction of sp³-hybridized carbons (Fsp3) is 0.0370. The van der Waals surface area contributed by atoms with Gasteiger partial charge in [-0.3, -0.25) is 0 Å². The largest absolute Gasteiger partial charge is 0.456 e. The normalized spacial score (nSPS) is 14.5. The van der Waals surface area contributed by atoms with Gasteiger partial charge >= 0.3 is 0 Å². The summed E-state index contributed by atoms with van der Waals surface area (Å²) < 4.78 is 6.12. The van der Waals surface area contributed by atoms with Crippen molar-refractivity contribution in [3.63, 3.8) is 0 Å². The third-order valence-electron chi connectivity index (χ3n) is 11.8. The van der Waals surface area contributed by atoms with E-state index >= 15 is 0 Å². The van der Waals surface area contributed by atoms with Gasteiger partial charge in [0.25, 0.3) is 0 Å². The second-order valence-corrected chi connectivity index (χ2v) is 15.1. The molecule has 1 unspecified atom stereocenters. The smallest absolute Gasteiger partial charge is 0.160 e. The number of furan rings is 1. The van der Waals surface area contributed by atoms with Gasteiger partial charge in [0, 0.05) is 32.9 Å². The number of para-hydroxylation sites is 1. The zero-order chi connectivity index (χ0) is 37.9. The number of aromatic nitrogens is 2. The Balaban J connectivity index is 1.04. The SMILES string of the molecule is CC1(c2ccccc2)c2ccccc2-c2c(-c3cc(-c4cccc(-c5cccc(-c6ccc7oc8ccccc8c7c6)c5)c4)nc(-c4ccccc4)n3)cccc21. The molecule has 3 nitrogen and oxygen atoms in total. The van der Waals surface area contributed by atoms with Gasteiger partial charge in [0.15, 0.2) is 5.82 Å². The minimum Gasteiger partial charge on any atom is -0.456 e. The lowest BCUT2D eigenvalue weighted by molar-refractivity contribution is 0.669. The number of hydrogen-bond donors (Lipinski definition) is 0. The minimum absolute atomic E-state index is 0.303. The van der Waals surface area contributed by atoms with Gasteiger partial charge < -0.3 is 4.42 Å². The number of rotatable bonds is 6. The standard InChI is InChI=1S/C54H36N2O/c1-54(41-21-6-3-7-22-41)46-26-10-8-24-43(46)52-44(25-14-27-47(52)54)49-34-48(55-53(56-49)35-15-4-2-5-16-35)40-20-13-19-38(32-40)36-17-12-18-37(31-36)39-29-30-51-45(33-39)42-23-9-11-28-50(42)57-51/h2-34H,1H3. The number of benzene rings is 8. The summed E-state index contributed by atoms with van der Waals surface area (Å²) >= 11 is 0. The van der Waals surface area contributed by atoms with Crippen LogP contribution in [0.2, 0.25) is 0 Å². The summed E-state index contributed by atoms with van der Waals surface area (Å²) in [6, 6.07) is 71.1. The van der Waals surface area contributed by atoms with E-state index < -0.39 is 0 Å². The minimum atomic E-state index is -0.303. The lowest BCUT2D eigenvalue weighted by Crippen LogP contribution is -2.22. The van der Waals surface area contributed by atoms with Gasteiger partial charge in [0.05, 0.1) is 11.4 Å². The number of nitrogens with zero attached hydrogens (tertiary/aromatic N) is 2. The zero-order valence-corrected chi connectivity index (χ0v) is 31.4. The van der Waals surface area contributed by atoms with E-state index in [1.807, 2.05) is 30.3 Å². The maximum Gasteiger partial charge on any atom is 0.160 e. The predicted octanol–water partition coefficient (Wildman–Crippen LogP) is 14.0. The van der Waals surface area contributed by atoms with E-state index in [1.165, 1.54) is 27.8 Å². The molecule has 1 aliphatic rings. The van der Waals surface area contributed by atoms with Crippen molar-refractivity contribution in [3.8, 4) is 67.3 Å². The molecule has 1 aliphatic carbocycles. The molecule has 11 rings (SSSR count). The summed E-state index contributed by atoms with van der Waals surface area (Å²) in [6.07, 6.45) is 0. The van der Waals surface area contributed by atoms with Crippen LogP contribution in [0.5, 0.6) is 0 Å². The summed E-state index contributed by atoms with van der Waals surface area (Å²) in [5, 5.41) is 2.26. The third-order valence-corrected chi connectivity index (χ3v) is 11.8. The van der Waals surface area contributed by atoms with Crippen LogP contribution in [0.15, 0.2) is 205 Å². The molecule has 268 valence electrons. The zero-order valence-electron chi connectivity index (χ0n) is 31.4. The molecule has 2 aromatic heterocycles. The van der Waals surface area contributed by atoms with Crippen molar-refractivity contribution in [2.45, 2.75) is 12.3 Å². The van der Waals surface area contributed by atoms with Crippen molar-refractivity contribution in [2.24, 2.45) is 0 Å². The maximum absolute atomic E-state index is 6.12. The highest BCUT2D eigenvalue weighted by Crippen LogP contribution is 2.55. The van der Waals surface area contributed by atoms with E-state index in [4.69, 9.17) is 14.4 Å². The lowest BCUT2D eigenvalue weighted by Gasteiger charge is -2.28. The van der Waals surface area contributed by atoms with Crippen LogP contribution in [0.25, 0.3) is 89.2 Å². The van der Waals surface area contributed by atoms with Gasteiger partial charge in [-0.05, 0) is 93.4 Å². The summed E-state index contributed by atoms with van der Waals surface area (Å²) in [5.41, 5.74) is 17.3. The summed E-state index contributed by atoms with van der Waals surface area (Å²) in [4.78, 5) is 10.6. The molecule has 1 atom stereocenters. The maximum atomic E-state index is 6.12. The Bertz CT molecular complexity index is 3140. The average molecular weight is 729 g/mol. The molecule has 2 heterocycles. The molecule has 0 saturated carbocycles. The van der Waals surface area contributed by atoms with Crippen LogP contribution in [0.4, 0.5) is 0 Å². The molecule has 10 aromatic rings. The van der Waals surface area contributed by atoms with E-state index in [0.717, 1.165) is 72.3 Å². The first-order valence-corrected chi connectivity index (χ1v) is 19.5. The Morgan fingerprint density at radius 3 is 1.75 bits per heavy atom. The predicted molar refractivity (Wildman–Crippen MR) is 234 cm³/mol. The highest BCUT2D eigenvalue weighted by molar-refractivity contribution is 6.06. The number of hydrogen-bond acceptors (Lipinski definition) is 3. The third kappa shape index (κ3) is 5.43. The Hall–Kier alpha value is -7.36. The van der Waals surface area contributed by atoms with Gasteiger partial charge in [-0.1, -0.05) is 164 Å². The summed E-state index contributed by atoms with van der Waals surface area (Å²) in [7, 11) is 0. The van der Waals surface area contributed by atoms with Crippen LogP contribution >= 0.6 is 0 Å². The van der Waals surface area contributed by atoms with Crippen LogP contribution < -0.4 is 0 Å². The fourth-order valence-electron chi connectivity index (χ4n) is 8.93. The molecule has 0 spiro atoms. The van der Waals surface area contributed by atoms with Crippen molar-refractivity contribution in [1.29, 1.82) is 0 Å². The van der Waals surface area contributed by atoms with Gasteiger partial charge in [-0.15, -0.1) is 0 Å². The van der Waals surface area contributed by atoms with Crippen molar-refractivity contribution in [3.05, 3.63) is 217 Å². The molecule has 0 aliphatic heterocycles. The molecule has 8 aromatic carbocycles. The molecule has 0 saturated heterocycles. The van der Waals surface area contributed by atoms with Gasteiger partial charge in [0.2, 0.25) is 0 Å². The molecule has 0 radical (unpaired) electrons. The van der Waals surface area contributed by atoms with E-state index in [2.05, 4.69) is 177 Å². The molecule has 57 heavy (non-hydrogen) atoms. The van der Waals surface area contributed by atoms with Crippen LogP contribution in [-0.4, -0.2) is 9.97 Å². The molecule has 0 amide bonds. The highest BCUT2D eigenvalue weighted by Gasteiger charge is 2.41. The van der Waals surface area contributed by atoms with Crippen molar-refractivity contribution in [2.75, 3.05) is 0 Å². The van der Waals surface area contributed by atoms with Gasteiger partial charge in [-0.25, -0.2) is 9.97 Å². The Labute approximate surface area is 331 Å². The second kappa shape index (κ2) is 13.1. The number of fused-ring (bicyclic) bond motifs is 6. The van der Waals surface area contributed by atoms with Crippen LogP contribution in [0, 0.1) is 0 Å². The van der Waals surface area contributed by atoms with Crippen molar-refractivity contribution >= 4 is 21.9 Å². The first-order valence-electron chi connectivity index (χ1n) is 19.5. The lowest BCUT2D eigenvalue weighted by atomic mass is 9.74. The van der Waals surface area contributed by atoms with E-state index in [-0.39, 0.29) is 5.41 Å². The molecule has 0 bridgehead atoms. The first kappa shape index (κ1) is 33.0. The van der Waals surface area contributed by atoms with Crippen molar-refractivity contribution in [1.82, 2.24) is 9.97 Å². The molecular weight excluding hydrogens is 693 g/mol. The van der Waals surface area contributed by atoms with Gasteiger partial charge in [-0.2, -0.15) is 0 Å². The van der Waals surface area contributed by atoms with Crippen LogP contribution in [-0.2, 0) is 5.41 Å². The molecule has 0 fully saturated rings.